The molecule has 1 aromatic carbocycles. The Hall–Kier alpha value is -2.21. The van der Waals surface area contributed by atoms with Crippen molar-refractivity contribution in [3.05, 3.63) is 57.2 Å². The Balaban J connectivity index is 2.31. The summed E-state index contributed by atoms with van der Waals surface area (Å²) >= 11 is 0. The van der Waals surface area contributed by atoms with E-state index in [-0.39, 0.29) is 10.6 Å². The lowest BCUT2D eigenvalue weighted by atomic mass is 10.1. The number of benzene rings is 1. The Bertz CT molecular complexity index is 619. The molecule has 1 aromatic heterocycles. The topological polar surface area (TPSA) is 87.0 Å². The maximum Gasteiger partial charge on any atom is 0.269 e. The van der Waals surface area contributed by atoms with Crippen LogP contribution >= 0.6 is 0 Å². The molecule has 0 radical (unpaired) electrons. The highest BCUT2D eigenvalue weighted by molar-refractivity contribution is 5.36. The number of non-ortho nitro benzene ring substituents is 1. The van der Waals surface area contributed by atoms with Crippen LogP contribution in [0.2, 0.25) is 0 Å². The number of nitro groups is 1. The van der Waals surface area contributed by atoms with Crippen molar-refractivity contribution in [1.82, 2.24) is 9.55 Å². The van der Waals surface area contributed by atoms with Gasteiger partial charge < -0.3 is 10.3 Å². The third kappa shape index (κ3) is 2.63. The van der Waals surface area contributed by atoms with Gasteiger partial charge in [0.25, 0.3) is 5.69 Å². The van der Waals surface area contributed by atoms with Crippen molar-refractivity contribution in [2.24, 2.45) is 12.8 Å². The Morgan fingerprint density at radius 3 is 2.79 bits per heavy atom. The number of imidazole rings is 1. The first-order chi connectivity index (χ1) is 9.02. The highest BCUT2D eigenvalue weighted by Gasteiger charge is 2.12. The third-order valence-electron chi connectivity index (χ3n) is 3.25. The van der Waals surface area contributed by atoms with E-state index in [4.69, 9.17) is 5.73 Å². The van der Waals surface area contributed by atoms with Crippen LogP contribution in [0.5, 0.6) is 0 Å². The van der Waals surface area contributed by atoms with Crippen molar-refractivity contribution in [3.63, 3.8) is 0 Å². The van der Waals surface area contributed by atoms with Gasteiger partial charge in [0.05, 0.1) is 17.2 Å². The van der Waals surface area contributed by atoms with Gasteiger partial charge in [-0.2, -0.15) is 0 Å². The normalized spacial score (nSPS) is 10.7. The van der Waals surface area contributed by atoms with E-state index in [1.807, 2.05) is 24.6 Å². The van der Waals surface area contributed by atoms with Crippen LogP contribution < -0.4 is 5.73 Å². The van der Waals surface area contributed by atoms with Crippen LogP contribution in [-0.4, -0.2) is 14.5 Å². The number of nitro benzene ring substituents is 1. The van der Waals surface area contributed by atoms with Crippen molar-refractivity contribution in [2.75, 3.05) is 0 Å². The van der Waals surface area contributed by atoms with E-state index >= 15 is 0 Å². The lowest BCUT2D eigenvalue weighted by Gasteiger charge is -2.01. The molecule has 2 N–H and O–H groups in total. The van der Waals surface area contributed by atoms with Crippen molar-refractivity contribution in [1.29, 1.82) is 0 Å². The zero-order chi connectivity index (χ0) is 14.0. The molecule has 0 amide bonds. The quantitative estimate of drug-likeness (QED) is 0.669. The van der Waals surface area contributed by atoms with Gasteiger partial charge in [0.15, 0.2) is 0 Å². The van der Waals surface area contributed by atoms with E-state index in [0.717, 1.165) is 22.8 Å². The number of nitrogens with zero attached hydrogens (tertiary/aromatic N) is 3. The zero-order valence-corrected chi connectivity index (χ0v) is 11.0. The minimum Gasteiger partial charge on any atom is -0.334 e. The second-order valence-electron chi connectivity index (χ2n) is 4.43. The molecular weight excluding hydrogens is 244 g/mol. The van der Waals surface area contributed by atoms with E-state index in [9.17, 15) is 10.1 Å². The number of aromatic nitrogens is 2. The molecule has 0 bridgehead atoms. The maximum atomic E-state index is 10.7. The van der Waals surface area contributed by atoms with Gasteiger partial charge in [-0.05, 0) is 12.5 Å². The minimum atomic E-state index is -0.389. The van der Waals surface area contributed by atoms with Gasteiger partial charge in [-0.15, -0.1) is 0 Å². The van der Waals surface area contributed by atoms with E-state index in [2.05, 4.69) is 4.98 Å². The number of hydrogen-bond donors (Lipinski definition) is 1. The van der Waals surface area contributed by atoms with Gasteiger partial charge >= 0.3 is 0 Å². The Morgan fingerprint density at radius 1 is 1.47 bits per heavy atom. The second-order valence-corrected chi connectivity index (χ2v) is 4.43. The number of rotatable bonds is 4. The van der Waals surface area contributed by atoms with Gasteiger partial charge in [-0.1, -0.05) is 12.1 Å². The number of hydrogen-bond acceptors (Lipinski definition) is 4. The van der Waals surface area contributed by atoms with Gasteiger partial charge in [0.1, 0.15) is 5.82 Å². The first kappa shape index (κ1) is 13.2. The van der Waals surface area contributed by atoms with E-state index in [0.29, 0.717) is 13.0 Å². The molecule has 0 saturated heterocycles. The van der Waals surface area contributed by atoms with E-state index < -0.39 is 0 Å². The maximum absolute atomic E-state index is 10.7. The molecule has 0 aliphatic carbocycles. The van der Waals surface area contributed by atoms with Crippen molar-refractivity contribution in [2.45, 2.75) is 19.9 Å². The first-order valence-electron chi connectivity index (χ1n) is 5.97. The summed E-state index contributed by atoms with van der Waals surface area (Å²) in [6, 6.07) is 6.62. The van der Waals surface area contributed by atoms with Gasteiger partial charge in [0.2, 0.25) is 0 Å². The molecule has 6 nitrogen and oxygen atoms in total. The Morgan fingerprint density at radius 2 is 2.21 bits per heavy atom. The van der Waals surface area contributed by atoms with Crippen LogP contribution in [0.1, 0.15) is 22.8 Å². The van der Waals surface area contributed by atoms with E-state index in [1.54, 1.807) is 12.1 Å². The summed E-state index contributed by atoms with van der Waals surface area (Å²) in [5, 5.41) is 10.7. The van der Waals surface area contributed by atoms with Gasteiger partial charge in [-0.25, -0.2) is 4.98 Å². The summed E-state index contributed by atoms with van der Waals surface area (Å²) in [5.74, 6) is 0.818. The summed E-state index contributed by atoms with van der Waals surface area (Å²) in [7, 11) is 1.92. The van der Waals surface area contributed by atoms with Crippen LogP contribution in [0.25, 0.3) is 0 Å². The van der Waals surface area contributed by atoms with Crippen LogP contribution in [-0.2, 0) is 20.0 Å². The van der Waals surface area contributed by atoms with Crippen molar-refractivity contribution in [3.8, 4) is 0 Å². The largest absolute Gasteiger partial charge is 0.334 e. The fourth-order valence-corrected chi connectivity index (χ4v) is 2.02. The fourth-order valence-electron chi connectivity index (χ4n) is 2.02. The monoisotopic (exact) mass is 260 g/mol. The lowest BCUT2D eigenvalue weighted by molar-refractivity contribution is -0.384. The third-order valence-corrected chi connectivity index (χ3v) is 3.25. The molecule has 100 valence electrons. The summed E-state index contributed by atoms with van der Waals surface area (Å²) in [4.78, 5) is 14.8. The van der Waals surface area contributed by atoms with Crippen LogP contribution in [0.3, 0.4) is 0 Å². The Kier molecular flexibility index (Phi) is 3.62. The molecule has 0 spiro atoms. The highest BCUT2D eigenvalue weighted by Crippen LogP contribution is 2.18. The predicted molar refractivity (Wildman–Crippen MR) is 71.7 cm³/mol. The SMILES string of the molecule is Cc1c(Cc2cccc([N+](=O)[O-])c2)nc(CN)n1C. The predicted octanol–water partition coefficient (Wildman–Crippen LogP) is 1.69. The Labute approximate surface area is 111 Å². The first-order valence-corrected chi connectivity index (χ1v) is 5.97. The molecule has 0 saturated carbocycles. The molecule has 1 heterocycles. The molecule has 0 atom stereocenters. The van der Waals surface area contributed by atoms with E-state index in [1.165, 1.54) is 6.07 Å². The molecule has 0 aliphatic heterocycles. The molecule has 2 aromatic rings. The molecule has 0 aliphatic rings. The summed E-state index contributed by atoms with van der Waals surface area (Å²) < 4.78 is 1.95. The molecule has 2 rings (SSSR count). The van der Waals surface area contributed by atoms with Crippen molar-refractivity contribution < 1.29 is 4.92 Å². The highest BCUT2D eigenvalue weighted by atomic mass is 16.6. The standard InChI is InChI=1S/C13H16N4O2/c1-9-12(15-13(8-14)16(9)2)7-10-4-3-5-11(6-10)17(18)19/h3-6H,7-8,14H2,1-2H3. The summed E-state index contributed by atoms with van der Waals surface area (Å²) in [5.41, 5.74) is 8.53. The molecule has 19 heavy (non-hydrogen) atoms. The molecular formula is C13H16N4O2. The minimum absolute atomic E-state index is 0.102. The molecule has 0 unspecified atom stereocenters. The van der Waals surface area contributed by atoms with Crippen LogP contribution in [0.15, 0.2) is 24.3 Å². The average molecular weight is 260 g/mol. The molecule has 0 fully saturated rings. The lowest BCUT2D eigenvalue weighted by Crippen LogP contribution is -2.05. The molecule has 6 heteroatoms. The summed E-state index contributed by atoms with van der Waals surface area (Å²) in [6.07, 6.45) is 0.571. The fraction of sp³-hybridized carbons (Fsp3) is 0.308. The van der Waals surface area contributed by atoms with Gasteiger partial charge in [0, 0.05) is 31.3 Å². The zero-order valence-electron chi connectivity index (χ0n) is 11.0. The average Bonchev–Trinajstić information content (AvgIpc) is 2.67. The summed E-state index contributed by atoms with van der Waals surface area (Å²) in [6.45, 7) is 2.35. The van der Waals surface area contributed by atoms with Crippen LogP contribution in [0, 0.1) is 17.0 Å². The smallest absolute Gasteiger partial charge is 0.269 e. The number of nitrogens with two attached hydrogens (primary N) is 1. The van der Waals surface area contributed by atoms with Crippen molar-refractivity contribution >= 4 is 5.69 Å². The van der Waals surface area contributed by atoms with Gasteiger partial charge in [-0.3, -0.25) is 10.1 Å². The van der Waals surface area contributed by atoms with Crippen LogP contribution in [0.4, 0.5) is 5.69 Å². The second kappa shape index (κ2) is 5.19.